The van der Waals surface area contributed by atoms with Crippen LogP contribution in [0.1, 0.15) is 13.3 Å². The van der Waals surface area contributed by atoms with Gasteiger partial charge in [-0.3, -0.25) is 0 Å². The number of fused-ring (bicyclic) bond motifs is 1. The van der Waals surface area contributed by atoms with Crippen molar-refractivity contribution in [2.45, 2.75) is 18.2 Å². The molecule has 6 heteroatoms. The summed E-state index contributed by atoms with van der Waals surface area (Å²) in [4.78, 5) is 4.49. The van der Waals surface area contributed by atoms with Crippen LogP contribution < -0.4 is 0 Å². The first-order valence-corrected chi connectivity index (χ1v) is 8.35. The fourth-order valence-corrected chi connectivity index (χ4v) is 4.27. The fraction of sp³-hybridized carbons (Fsp3) is 0.357. The second kappa shape index (κ2) is 4.98. The van der Waals surface area contributed by atoms with E-state index in [0.29, 0.717) is 34.6 Å². The molecule has 0 spiro atoms. The predicted molar refractivity (Wildman–Crippen MR) is 79.3 cm³/mol. The van der Waals surface area contributed by atoms with Crippen LogP contribution in [0, 0.1) is 5.92 Å². The molecule has 1 aliphatic rings. The van der Waals surface area contributed by atoms with E-state index in [-0.39, 0.29) is 0 Å². The molecule has 0 bridgehead atoms. The van der Waals surface area contributed by atoms with Gasteiger partial charge in [0, 0.05) is 18.5 Å². The third-order valence-corrected chi connectivity index (χ3v) is 5.72. The van der Waals surface area contributed by atoms with Crippen LogP contribution in [0.15, 0.2) is 35.2 Å². The van der Waals surface area contributed by atoms with E-state index < -0.39 is 10.0 Å². The molecule has 106 valence electrons. The van der Waals surface area contributed by atoms with E-state index in [4.69, 9.17) is 11.6 Å². The molecule has 1 aromatic carbocycles. The highest BCUT2D eigenvalue weighted by Gasteiger charge is 2.30. The van der Waals surface area contributed by atoms with Crippen LogP contribution in [0.3, 0.4) is 0 Å². The van der Waals surface area contributed by atoms with Crippen LogP contribution in [0.5, 0.6) is 0 Å². The molecule has 3 rings (SSSR count). The molecule has 2 aromatic rings. The Balaban J connectivity index is 2.03. The Morgan fingerprint density at radius 2 is 2.10 bits per heavy atom. The van der Waals surface area contributed by atoms with Crippen LogP contribution in [0.4, 0.5) is 0 Å². The van der Waals surface area contributed by atoms with Crippen molar-refractivity contribution < 1.29 is 8.42 Å². The molecule has 1 aliphatic heterocycles. The number of aromatic nitrogens is 1. The summed E-state index contributed by atoms with van der Waals surface area (Å²) in [7, 11) is -3.40. The molecule has 0 aliphatic carbocycles. The summed E-state index contributed by atoms with van der Waals surface area (Å²) >= 11 is 5.83. The molecule has 1 unspecified atom stereocenters. The number of sulfonamides is 1. The summed E-state index contributed by atoms with van der Waals surface area (Å²) < 4.78 is 26.7. The van der Waals surface area contributed by atoms with Crippen molar-refractivity contribution in [1.82, 2.24) is 9.29 Å². The van der Waals surface area contributed by atoms with Crippen molar-refractivity contribution in [2.75, 3.05) is 13.1 Å². The lowest BCUT2D eigenvalue weighted by Crippen LogP contribution is -2.28. The largest absolute Gasteiger partial charge is 0.243 e. The molecule has 1 aromatic heterocycles. The third kappa shape index (κ3) is 2.41. The molecule has 0 N–H and O–H groups in total. The van der Waals surface area contributed by atoms with Gasteiger partial charge in [0.2, 0.25) is 10.0 Å². The molecular weight excluding hydrogens is 296 g/mol. The van der Waals surface area contributed by atoms with Gasteiger partial charge >= 0.3 is 0 Å². The first kappa shape index (κ1) is 13.8. The van der Waals surface area contributed by atoms with Gasteiger partial charge in [-0.15, -0.1) is 0 Å². The van der Waals surface area contributed by atoms with Gasteiger partial charge < -0.3 is 0 Å². The number of pyridine rings is 1. The maximum Gasteiger partial charge on any atom is 0.243 e. The smallest absolute Gasteiger partial charge is 0.236 e. The maximum atomic E-state index is 12.6. The highest BCUT2D eigenvalue weighted by molar-refractivity contribution is 7.89. The summed E-state index contributed by atoms with van der Waals surface area (Å²) in [6, 6.07) is 8.42. The number of nitrogens with zero attached hydrogens (tertiary/aromatic N) is 2. The summed E-state index contributed by atoms with van der Waals surface area (Å²) in [6.07, 6.45) is 0.921. The highest BCUT2D eigenvalue weighted by atomic mass is 35.5. The van der Waals surface area contributed by atoms with Crippen molar-refractivity contribution in [2.24, 2.45) is 5.92 Å². The maximum absolute atomic E-state index is 12.6. The lowest BCUT2D eigenvalue weighted by Gasteiger charge is -2.16. The van der Waals surface area contributed by atoms with Crippen molar-refractivity contribution >= 4 is 32.5 Å². The van der Waals surface area contributed by atoms with E-state index >= 15 is 0 Å². The van der Waals surface area contributed by atoms with Gasteiger partial charge in [0.1, 0.15) is 5.15 Å². The number of halogens is 1. The van der Waals surface area contributed by atoms with Gasteiger partial charge in [-0.2, -0.15) is 4.31 Å². The lowest BCUT2D eigenvalue weighted by atomic mass is 10.2. The average Bonchev–Trinajstić information content (AvgIpc) is 2.85. The van der Waals surface area contributed by atoms with Gasteiger partial charge in [0.25, 0.3) is 0 Å². The van der Waals surface area contributed by atoms with E-state index in [0.717, 1.165) is 11.8 Å². The predicted octanol–water partition coefficient (Wildman–Crippen LogP) is 2.92. The van der Waals surface area contributed by atoms with E-state index in [1.807, 2.05) is 0 Å². The Hall–Kier alpha value is -1.17. The van der Waals surface area contributed by atoms with Gasteiger partial charge in [-0.1, -0.05) is 18.5 Å². The Bertz CT molecular complexity index is 761. The minimum atomic E-state index is -3.40. The third-order valence-electron chi connectivity index (χ3n) is 3.65. The quantitative estimate of drug-likeness (QED) is 0.801. The SMILES string of the molecule is CC1CCN(S(=O)(=O)c2ccc3nc(Cl)ccc3c2)C1. The van der Waals surface area contributed by atoms with Crippen LogP contribution in [-0.4, -0.2) is 30.8 Å². The Kier molecular flexibility index (Phi) is 3.44. The van der Waals surface area contributed by atoms with Gasteiger partial charge in [-0.05, 0) is 42.7 Å². The molecule has 1 atom stereocenters. The molecule has 1 saturated heterocycles. The standard InChI is InChI=1S/C14H15ClN2O2S/c1-10-6-7-17(9-10)20(18,19)12-3-4-13-11(8-12)2-5-14(15)16-13/h2-5,8,10H,6-7,9H2,1H3. The number of hydrogen-bond donors (Lipinski definition) is 0. The Morgan fingerprint density at radius 3 is 2.80 bits per heavy atom. The topological polar surface area (TPSA) is 50.3 Å². The zero-order valence-corrected chi connectivity index (χ0v) is 12.7. The van der Waals surface area contributed by atoms with Crippen molar-refractivity contribution in [3.05, 3.63) is 35.5 Å². The van der Waals surface area contributed by atoms with Gasteiger partial charge in [0.05, 0.1) is 10.4 Å². The molecule has 0 radical (unpaired) electrons. The van der Waals surface area contributed by atoms with Crippen molar-refractivity contribution in [1.29, 1.82) is 0 Å². The van der Waals surface area contributed by atoms with Crippen LogP contribution in [-0.2, 0) is 10.0 Å². The number of hydrogen-bond acceptors (Lipinski definition) is 3. The molecule has 1 fully saturated rings. The summed E-state index contributed by atoms with van der Waals surface area (Å²) in [6.45, 7) is 3.27. The van der Waals surface area contributed by atoms with E-state index in [1.54, 1.807) is 34.6 Å². The zero-order chi connectivity index (χ0) is 14.3. The molecule has 20 heavy (non-hydrogen) atoms. The zero-order valence-electron chi connectivity index (χ0n) is 11.1. The van der Waals surface area contributed by atoms with E-state index in [9.17, 15) is 8.42 Å². The molecule has 0 amide bonds. The second-order valence-corrected chi connectivity index (χ2v) is 7.57. The first-order chi connectivity index (χ1) is 9.46. The normalized spacial score (nSPS) is 20.6. The van der Waals surface area contributed by atoms with Crippen molar-refractivity contribution in [3.8, 4) is 0 Å². The minimum absolute atomic E-state index is 0.322. The summed E-state index contributed by atoms with van der Waals surface area (Å²) in [5.74, 6) is 0.422. The van der Waals surface area contributed by atoms with Gasteiger partial charge in [-0.25, -0.2) is 13.4 Å². The Labute approximate surface area is 123 Å². The first-order valence-electron chi connectivity index (χ1n) is 6.53. The minimum Gasteiger partial charge on any atom is -0.236 e. The fourth-order valence-electron chi connectivity index (χ4n) is 2.50. The van der Waals surface area contributed by atoms with Crippen molar-refractivity contribution in [3.63, 3.8) is 0 Å². The summed E-state index contributed by atoms with van der Waals surface area (Å²) in [5, 5.41) is 1.18. The summed E-state index contributed by atoms with van der Waals surface area (Å²) in [5.41, 5.74) is 0.700. The molecule has 0 saturated carbocycles. The van der Waals surface area contributed by atoms with Gasteiger partial charge in [0.15, 0.2) is 0 Å². The van der Waals surface area contributed by atoms with E-state index in [2.05, 4.69) is 11.9 Å². The van der Waals surface area contributed by atoms with Crippen LogP contribution in [0.25, 0.3) is 10.9 Å². The molecule has 2 heterocycles. The van der Waals surface area contributed by atoms with Crippen LogP contribution >= 0.6 is 11.6 Å². The average molecular weight is 311 g/mol. The Morgan fingerprint density at radius 1 is 1.30 bits per heavy atom. The molecule has 4 nitrogen and oxygen atoms in total. The monoisotopic (exact) mass is 310 g/mol. The second-order valence-electron chi connectivity index (χ2n) is 5.25. The molecular formula is C14H15ClN2O2S. The van der Waals surface area contributed by atoms with Crippen LogP contribution in [0.2, 0.25) is 5.15 Å². The lowest BCUT2D eigenvalue weighted by molar-refractivity contribution is 0.464. The number of rotatable bonds is 2. The van der Waals surface area contributed by atoms with E-state index in [1.165, 1.54) is 0 Å². The number of benzene rings is 1. The highest BCUT2D eigenvalue weighted by Crippen LogP contribution is 2.26.